The van der Waals surface area contributed by atoms with E-state index >= 15 is 0 Å². The predicted octanol–water partition coefficient (Wildman–Crippen LogP) is 0.662. The number of carbonyl (C=O) groups is 1. The first kappa shape index (κ1) is 13.1. The zero-order chi connectivity index (χ0) is 12.2. The van der Waals surface area contributed by atoms with Crippen LogP contribution in [0.4, 0.5) is 5.13 Å². The van der Waals surface area contributed by atoms with Gasteiger partial charge in [-0.2, -0.15) is 0 Å². The SMILES string of the molecule is CS(=O)(=O)CCCC(=O)Cc1csc(N)n1. The van der Waals surface area contributed by atoms with Gasteiger partial charge in [0.15, 0.2) is 5.13 Å². The molecule has 0 aliphatic carbocycles. The molecular weight excluding hydrogens is 248 g/mol. The minimum Gasteiger partial charge on any atom is -0.375 e. The molecule has 0 bridgehead atoms. The van der Waals surface area contributed by atoms with Crippen molar-refractivity contribution < 1.29 is 13.2 Å². The van der Waals surface area contributed by atoms with Gasteiger partial charge >= 0.3 is 0 Å². The lowest BCUT2D eigenvalue weighted by Crippen LogP contribution is -2.08. The maximum atomic E-state index is 11.4. The molecular formula is C9H14N2O3S2. The Morgan fingerprint density at radius 2 is 2.25 bits per heavy atom. The van der Waals surface area contributed by atoms with E-state index in [1.54, 1.807) is 5.38 Å². The average molecular weight is 262 g/mol. The fraction of sp³-hybridized carbons (Fsp3) is 0.556. The largest absolute Gasteiger partial charge is 0.375 e. The van der Waals surface area contributed by atoms with Crippen molar-refractivity contribution in [2.75, 3.05) is 17.7 Å². The molecule has 2 N–H and O–H groups in total. The van der Waals surface area contributed by atoms with Gasteiger partial charge in [0.25, 0.3) is 0 Å². The Morgan fingerprint density at radius 1 is 1.56 bits per heavy atom. The fourth-order valence-electron chi connectivity index (χ4n) is 1.23. The van der Waals surface area contributed by atoms with Crippen LogP contribution >= 0.6 is 11.3 Å². The molecule has 0 amide bonds. The topological polar surface area (TPSA) is 90.1 Å². The summed E-state index contributed by atoms with van der Waals surface area (Å²) in [7, 11) is -2.97. The summed E-state index contributed by atoms with van der Waals surface area (Å²) in [4.78, 5) is 15.4. The molecule has 1 rings (SSSR count). The molecule has 1 aromatic heterocycles. The summed E-state index contributed by atoms with van der Waals surface area (Å²) < 4.78 is 21.7. The Morgan fingerprint density at radius 3 is 2.75 bits per heavy atom. The van der Waals surface area contributed by atoms with Gasteiger partial charge in [-0.1, -0.05) is 0 Å². The number of rotatable bonds is 6. The number of Topliss-reactive ketones (excluding diaryl/α,β-unsaturated/α-hetero) is 1. The van der Waals surface area contributed by atoms with Crippen LogP contribution in [0.2, 0.25) is 0 Å². The van der Waals surface area contributed by atoms with Crippen molar-refractivity contribution in [3.05, 3.63) is 11.1 Å². The van der Waals surface area contributed by atoms with Crippen LogP contribution < -0.4 is 5.73 Å². The van der Waals surface area contributed by atoms with Crippen LogP contribution in [0.5, 0.6) is 0 Å². The van der Waals surface area contributed by atoms with Crippen LogP contribution in [0.3, 0.4) is 0 Å². The zero-order valence-electron chi connectivity index (χ0n) is 8.97. The van der Waals surface area contributed by atoms with Gasteiger partial charge in [-0.3, -0.25) is 4.79 Å². The molecule has 1 heterocycles. The average Bonchev–Trinajstić information content (AvgIpc) is 2.48. The molecule has 0 aliphatic heterocycles. The van der Waals surface area contributed by atoms with Gasteiger partial charge in [0.05, 0.1) is 11.4 Å². The molecule has 0 saturated carbocycles. The third-order valence-corrected chi connectivity index (χ3v) is 3.67. The smallest absolute Gasteiger partial charge is 0.180 e. The lowest BCUT2D eigenvalue weighted by atomic mass is 10.1. The Balaban J connectivity index is 2.32. The van der Waals surface area contributed by atoms with Crippen molar-refractivity contribution in [2.45, 2.75) is 19.3 Å². The maximum absolute atomic E-state index is 11.4. The molecule has 7 heteroatoms. The fourth-order valence-corrected chi connectivity index (χ4v) is 2.46. The highest BCUT2D eigenvalue weighted by Crippen LogP contribution is 2.12. The molecule has 0 fully saturated rings. The molecule has 0 spiro atoms. The van der Waals surface area contributed by atoms with Crippen LogP contribution in [0, 0.1) is 0 Å². The van der Waals surface area contributed by atoms with Crippen LogP contribution in [0.1, 0.15) is 18.5 Å². The first-order valence-electron chi connectivity index (χ1n) is 4.76. The first-order valence-corrected chi connectivity index (χ1v) is 7.70. The van der Waals surface area contributed by atoms with Crippen molar-refractivity contribution in [3.63, 3.8) is 0 Å². The van der Waals surface area contributed by atoms with E-state index in [2.05, 4.69) is 4.98 Å². The number of ketones is 1. The minimum absolute atomic E-state index is 0.00560. The maximum Gasteiger partial charge on any atom is 0.180 e. The van der Waals surface area contributed by atoms with Crippen LogP contribution in [0.15, 0.2) is 5.38 Å². The molecule has 0 radical (unpaired) electrons. The number of nitrogens with two attached hydrogens (primary N) is 1. The van der Waals surface area contributed by atoms with Gasteiger partial charge < -0.3 is 5.73 Å². The standard InChI is InChI=1S/C9H14N2O3S2/c1-16(13,14)4-2-3-8(12)5-7-6-15-9(10)11-7/h6H,2-5H2,1H3,(H2,10,11). The Kier molecular flexibility index (Phi) is 4.43. The summed E-state index contributed by atoms with van der Waals surface area (Å²) in [5, 5.41) is 2.18. The molecule has 0 saturated heterocycles. The molecule has 1 aromatic rings. The van der Waals surface area contributed by atoms with Crippen molar-refractivity contribution >= 4 is 32.1 Å². The second-order valence-electron chi connectivity index (χ2n) is 3.63. The van der Waals surface area contributed by atoms with E-state index in [9.17, 15) is 13.2 Å². The summed E-state index contributed by atoms with van der Waals surface area (Å²) in [6, 6.07) is 0. The van der Waals surface area contributed by atoms with E-state index in [0.717, 1.165) is 0 Å². The van der Waals surface area contributed by atoms with Gasteiger partial charge in [-0.15, -0.1) is 11.3 Å². The van der Waals surface area contributed by atoms with E-state index in [1.807, 2.05) is 0 Å². The third-order valence-electron chi connectivity index (χ3n) is 1.92. The highest BCUT2D eigenvalue weighted by Gasteiger charge is 2.08. The quantitative estimate of drug-likeness (QED) is 0.813. The van der Waals surface area contributed by atoms with Gasteiger partial charge in [-0.05, 0) is 6.42 Å². The lowest BCUT2D eigenvalue weighted by molar-refractivity contribution is -0.118. The number of hydrogen-bond donors (Lipinski definition) is 1. The second-order valence-corrected chi connectivity index (χ2v) is 6.78. The Bertz CT molecular complexity index is 465. The Labute approximate surface area is 98.6 Å². The van der Waals surface area contributed by atoms with Crippen LogP contribution in [0.25, 0.3) is 0 Å². The van der Waals surface area contributed by atoms with Crippen molar-refractivity contribution in [2.24, 2.45) is 0 Å². The van der Waals surface area contributed by atoms with Crippen LogP contribution in [-0.4, -0.2) is 31.2 Å². The van der Waals surface area contributed by atoms with Gasteiger partial charge in [0.1, 0.15) is 15.6 Å². The first-order chi connectivity index (χ1) is 7.37. The van der Waals surface area contributed by atoms with E-state index in [0.29, 0.717) is 17.2 Å². The van der Waals surface area contributed by atoms with Gasteiger partial charge in [-0.25, -0.2) is 13.4 Å². The van der Waals surface area contributed by atoms with E-state index in [1.165, 1.54) is 17.6 Å². The van der Waals surface area contributed by atoms with E-state index in [-0.39, 0.29) is 24.4 Å². The Hall–Kier alpha value is -0.950. The second kappa shape index (κ2) is 5.40. The number of sulfone groups is 1. The zero-order valence-corrected chi connectivity index (χ0v) is 10.6. The van der Waals surface area contributed by atoms with Crippen molar-refractivity contribution in [1.29, 1.82) is 0 Å². The summed E-state index contributed by atoms with van der Waals surface area (Å²) in [5.41, 5.74) is 6.09. The summed E-state index contributed by atoms with van der Waals surface area (Å²) >= 11 is 1.29. The van der Waals surface area contributed by atoms with E-state index < -0.39 is 9.84 Å². The molecule has 0 aromatic carbocycles. The highest BCUT2D eigenvalue weighted by atomic mass is 32.2. The number of carbonyl (C=O) groups excluding carboxylic acids is 1. The number of hydrogen-bond acceptors (Lipinski definition) is 6. The molecule has 0 unspecified atom stereocenters. The number of nitrogen functional groups attached to an aromatic ring is 1. The molecule has 0 atom stereocenters. The van der Waals surface area contributed by atoms with E-state index in [4.69, 9.17) is 5.73 Å². The lowest BCUT2D eigenvalue weighted by Gasteiger charge is -1.98. The number of anilines is 1. The van der Waals surface area contributed by atoms with Crippen LogP contribution in [-0.2, 0) is 21.1 Å². The predicted molar refractivity (Wildman–Crippen MR) is 64.2 cm³/mol. The summed E-state index contributed by atoms with van der Waals surface area (Å²) in [6.07, 6.45) is 2.04. The summed E-state index contributed by atoms with van der Waals surface area (Å²) in [6.45, 7) is 0. The minimum atomic E-state index is -2.97. The number of thiazole rings is 1. The number of nitrogens with zero attached hydrogens (tertiary/aromatic N) is 1. The van der Waals surface area contributed by atoms with Gasteiger partial charge in [0, 0.05) is 24.5 Å². The molecule has 90 valence electrons. The molecule has 0 aliphatic rings. The van der Waals surface area contributed by atoms with Crippen molar-refractivity contribution in [3.8, 4) is 0 Å². The highest BCUT2D eigenvalue weighted by molar-refractivity contribution is 7.90. The molecule has 16 heavy (non-hydrogen) atoms. The normalized spacial score (nSPS) is 11.6. The third kappa shape index (κ3) is 5.22. The summed E-state index contributed by atoms with van der Waals surface area (Å²) in [5.74, 6) is 0.0479. The number of aromatic nitrogens is 1. The van der Waals surface area contributed by atoms with Crippen molar-refractivity contribution in [1.82, 2.24) is 4.98 Å². The monoisotopic (exact) mass is 262 g/mol. The van der Waals surface area contributed by atoms with Gasteiger partial charge in [0.2, 0.25) is 0 Å². The molecule has 5 nitrogen and oxygen atoms in total.